The van der Waals surface area contributed by atoms with Crippen molar-refractivity contribution >= 4 is 26.8 Å². The van der Waals surface area contributed by atoms with E-state index in [1.165, 1.54) is 11.1 Å². The molecule has 204 valence electrons. The maximum Gasteiger partial charge on any atom is 0.250 e. The number of carbonyl (C=O) groups is 1. The predicted octanol–water partition coefficient (Wildman–Crippen LogP) is 5.16. The third-order valence-electron chi connectivity index (χ3n) is 7.75. The summed E-state index contributed by atoms with van der Waals surface area (Å²) in [6, 6.07) is 22.4. The fraction of sp³-hybridized carbons (Fsp3) is 0.323. The van der Waals surface area contributed by atoms with Crippen molar-refractivity contribution in [3.63, 3.8) is 0 Å². The number of primary amides is 1. The smallest absolute Gasteiger partial charge is 0.250 e. The van der Waals surface area contributed by atoms with Crippen molar-refractivity contribution in [3.05, 3.63) is 101 Å². The molecule has 7 nitrogen and oxygen atoms in total. The van der Waals surface area contributed by atoms with Crippen molar-refractivity contribution in [2.75, 3.05) is 18.8 Å². The van der Waals surface area contributed by atoms with E-state index in [4.69, 9.17) is 10.5 Å². The molecule has 4 aromatic rings. The number of H-pyrrole nitrogens is 1. The number of fused-ring (bicyclic) bond motifs is 1. The lowest BCUT2D eigenvalue weighted by molar-refractivity contribution is 0.100. The summed E-state index contributed by atoms with van der Waals surface area (Å²) in [7, 11) is -3.19. The molecule has 1 aromatic heterocycles. The number of aromatic amines is 1. The number of amides is 1. The van der Waals surface area contributed by atoms with Crippen molar-refractivity contribution in [3.8, 4) is 5.75 Å². The summed E-state index contributed by atoms with van der Waals surface area (Å²) in [6.07, 6.45) is 5.22. The lowest BCUT2D eigenvalue weighted by atomic mass is 9.89. The van der Waals surface area contributed by atoms with Gasteiger partial charge in [-0.25, -0.2) is 12.7 Å². The zero-order valence-electron chi connectivity index (χ0n) is 22.2. The number of aromatic nitrogens is 1. The molecular weight excluding hydrogens is 510 g/mol. The molecule has 0 bridgehead atoms. The van der Waals surface area contributed by atoms with Gasteiger partial charge in [-0.3, -0.25) is 4.79 Å². The molecule has 1 aliphatic heterocycles. The maximum atomic E-state index is 12.4. The van der Waals surface area contributed by atoms with Crippen LogP contribution in [-0.4, -0.2) is 42.5 Å². The second-order valence-electron chi connectivity index (χ2n) is 10.1. The number of nitrogens with one attached hydrogen (secondary N) is 1. The van der Waals surface area contributed by atoms with Crippen molar-refractivity contribution in [2.45, 2.75) is 45.1 Å². The standard InChI is InChI=1S/C31H35N3O4S/c1-2-39(36,37)34-16-14-24(15-17-34)29-20-33-30-27(29)18-26(19-28(30)31(32)35)38-21-25-11-7-6-10-23(25)13-12-22-8-4-3-5-9-22/h3-11,18-20,24,33H,2,12-17,21H2,1H3,(H2,32,35). The average molecular weight is 546 g/mol. The number of rotatable bonds is 10. The van der Waals surface area contributed by atoms with Gasteiger partial charge in [0.2, 0.25) is 10.0 Å². The molecule has 0 aliphatic carbocycles. The second kappa shape index (κ2) is 11.6. The Bertz CT molecular complexity index is 1560. The minimum Gasteiger partial charge on any atom is -0.489 e. The van der Waals surface area contributed by atoms with Crippen LogP contribution in [0.15, 0.2) is 72.9 Å². The van der Waals surface area contributed by atoms with Crippen LogP contribution in [0.5, 0.6) is 5.75 Å². The van der Waals surface area contributed by atoms with Crippen molar-refractivity contribution in [1.82, 2.24) is 9.29 Å². The fourth-order valence-electron chi connectivity index (χ4n) is 5.50. The van der Waals surface area contributed by atoms with Gasteiger partial charge in [0, 0.05) is 24.7 Å². The largest absolute Gasteiger partial charge is 0.489 e. The Morgan fingerprint density at radius 1 is 1.00 bits per heavy atom. The van der Waals surface area contributed by atoms with Crippen molar-refractivity contribution in [2.24, 2.45) is 5.73 Å². The summed E-state index contributed by atoms with van der Waals surface area (Å²) in [5.41, 5.74) is 11.5. The number of carbonyl (C=O) groups excluding carboxylic acids is 1. The van der Waals surface area contributed by atoms with Gasteiger partial charge in [0.15, 0.2) is 0 Å². The normalized spacial score (nSPS) is 15.0. The van der Waals surface area contributed by atoms with Gasteiger partial charge in [0.1, 0.15) is 12.4 Å². The third kappa shape index (κ3) is 6.02. The maximum absolute atomic E-state index is 12.4. The highest BCUT2D eigenvalue weighted by Gasteiger charge is 2.29. The number of benzene rings is 3. The molecule has 0 saturated carbocycles. The van der Waals surface area contributed by atoms with Crippen LogP contribution in [-0.2, 0) is 29.5 Å². The molecule has 1 fully saturated rings. The Morgan fingerprint density at radius 3 is 2.38 bits per heavy atom. The van der Waals surface area contributed by atoms with Crippen LogP contribution in [0, 0.1) is 0 Å². The summed E-state index contributed by atoms with van der Waals surface area (Å²) in [5.74, 6) is 0.353. The number of nitrogens with two attached hydrogens (primary N) is 1. The molecular formula is C31H35N3O4S. The Hall–Kier alpha value is -3.62. The summed E-state index contributed by atoms with van der Waals surface area (Å²) < 4.78 is 32.4. The SMILES string of the molecule is CCS(=O)(=O)N1CCC(c2c[nH]c3c(C(N)=O)cc(OCc4ccccc4CCc4ccccc4)cc23)CC1. The Labute approximate surface area is 230 Å². The lowest BCUT2D eigenvalue weighted by Gasteiger charge is -2.31. The number of hydrogen-bond donors (Lipinski definition) is 2. The van der Waals surface area contributed by atoms with Gasteiger partial charge < -0.3 is 15.5 Å². The first-order valence-electron chi connectivity index (χ1n) is 13.5. The molecule has 3 N–H and O–H groups in total. The third-order valence-corrected chi connectivity index (χ3v) is 9.63. The minimum absolute atomic E-state index is 0.114. The van der Waals surface area contributed by atoms with Gasteiger partial charge in [-0.15, -0.1) is 0 Å². The van der Waals surface area contributed by atoms with E-state index in [-0.39, 0.29) is 11.7 Å². The van der Waals surface area contributed by atoms with E-state index in [9.17, 15) is 13.2 Å². The molecule has 8 heteroatoms. The molecule has 1 aliphatic rings. The van der Waals surface area contributed by atoms with E-state index in [0.29, 0.717) is 36.5 Å². The van der Waals surface area contributed by atoms with Gasteiger partial charge in [0.05, 0.1) is 16.8 Å². The van der Waals surface area contributed by atoms with Crippen LogP contribution in [0.4, 0.5) is 0 Å². The summed E-state index contributed by atoms with van der Waals surface area (Å²) in [4.78, 5) is 15.6. The van der Waals surface area contributed by atoms with Crippen LogP contribution >= 0.6 is 0 Å². The zero-order valence-corrected chi connectivity index (χ0v) is 23.0. The number of piperidine rings is 1. The molecule has 5 rings (SSSR count). The first-order chi connectivity index (χ1) is 18.9. The molecule has 0 atom stereocenters. The number of aryl methyl sites for hydroxylation is 2. The highest BCUT2D eigenvalue weighted by atomic mass is 32.2. The van der Waals surface area contributed by atoms with Gasteiger partial charge in [-0.05, 0) is 72.9 Å². The van der Waals surface area contributed by atoms with E-state index in [1.54, 1.807) is 17.3 Å². The predicted molar refractivity (Wildman–Crippen MR) is 154 cm³/mol. The lowest BCUT2D eigenvalue weighted by Crippen LogP contribution is -2.38. The summed E-state index contributed by atoms with van der Waals surface area (Å²) in [5, 5.41) is 0.899. The van der Waals surface area contributed by atoms with Crippen LogP contribution in [0.2, 0.25) is 0 Å². The Kier molecular flexibility index (Phi) is 8.04. The van der Waals surface area contributed by atoms with Crippen LogP contribution in [0.25, 0.3) is 10.9 Å². The molecule has 3 aromatic carbocycles. The minimum atomic E-state index is -3.19. The number of ether oxygens (including phenoxy) is 1. The molecule has 39 heavy (non-hydrogen) atoms. The van der Waals surface area contributed by atoms with Crippen molar-refractivity contribution < 1.29 is 17.9 Å². The number of sulfonamides is 1. The molecule has 2 heterocycles. The van der Waals surface area contributed by atoms with E-state index >= 15 is 0 Å². The van der Waals surface area contributed by atoms with Gasteiger partial charge >= 0.3 is 0 Å². The zero-order chi connectivity index (χ0) is 27.4. The van der Waals surface area contributed by atoms with Crippen molar-refractivity contribution in [1.29, 1.82) is 0 Å². The number of nitrogens with zero attached hydrogens (tertiary/aromatic N) is 1. The van der Waals surface area contributed by atoms with E-state index in [1.807, 2.05) is 30.5 Å². The monoisotopic (exact) mass is 545 g/mol. The van der Waals surface area contributed by atoms with Gasteiger partial charge in [0.25, 0.3) is 5.91 Å². The van der Waals surface area contributed by atoms with E-state index in [2.05, 4.69) is 41.4 Å². The highest BCUT2D eigenvalue weighted by molar-refractivity contribution is 7.89. The fourth-order valence-corrected chi connectivity index (χ4v) is 6.63. The van der Waals surface area contributed by atoms with Gasteiger partial charge in [-0.1, -0.05) is 54.6 Å². The van der Waals surface area contributed by atoms with Crippen LogP contribution in [0.3, 0.4) is 0 Å². The van der Waals surface area contributed by atoms with Crippen LogP contribution < -0.4 is 10.5 Å². The second-order valence-corrected chi connectivity index (χ2v) is 12.4. The molecule has 0 unspecified atom stereocenters. The Morgan fingerprint density at radius 2 is 1.69 bits per heavy atom. The van der Waals surface area contributed by atoms with Gasteiger partial charge in [-0.2, -0.15) is 0 Å². The van der Waals surface area contributed by atoms with E-state index in [0.717, 1.165) is 42.2 Å². The quantitative estimate of drug-likeness (QED) is 0.287. The average Bonchev–Trinajstić information content (AvgIpc) is 3.39. The summed E-state index contributed by atoms with van der Waals surface area (Å²) >= 11 is 0. The van der Waals surface area contributed by atoms with E-state index < -0.39 is 15.9 Å². The number of hydrogen-bond acceptors (Lipinski definition) is 4. The molecule has 1 amide bonds. The topological polar surface area (TPSA) is 105 Å². The first-order valence-corrected chi connectivity index (χ1v) is 15.1. The first kappa shape index (κ1) is 27.0. The molecule has 1 saturated heterocycles. The molecule has 0 spiro atoms. The van der Waals surface area contributed by atoms with Crippen LogP contribution in [0.1, 0.15) is 58.3 Å². The highest BCUT2D eigenvalue weighted by Crippen LogP contribution is 2.37. The summed E-state index contributed by atoms with van der Waals surface area (Å²) in [6.45, 7) is 3.04. The molecule has 0 radical (unpaired) electrons. The Balaban J connectivity index is 1.36.